The van der Waals surface area contributed by atoms with Gasteiger partial charge in [0.2, 0.25) is 5.75 Å². The second-order valence-electron chi connectivity index (χ2n) is 4.76. The Labute approximate surface area is 137 Å². The van der Waals surface area contributed by atoms with Crippen molar-refractivity contribution in [2.75, 3.05) is 6.61 Å². The quantitative estimate of drug-likeness (QED) is 0.388. The lowest BCUT2D eigenvalue weighted by Crippen LogP contribution is -1.96. The molecule has 0 aliphatic rings. The van der Waals surface area contributed by atoms with E-state index in [1.807, 2.05) is 6.07 Å². The van der Waals surface area contributed by atoms with Crippen molar-refractivity contribution in [3.63, 3.8) is 0 Å². The van der Waals surface area contributed by atoms with E-state index in [1.54, 1.807) is 13.0 Å². The summed E-state index contributed by atoms with van der Waals surface area (Å²) in [7, 11) is 0. The Bertz CT molecular complexity index is 856. The van der Waals surface area contributed by atoms with Gasteiger partial charge in [-0.3, -0.25) is 10.1 Å². The number of halogens is 1. The first-order valence-corrected chi connectivity index (χ1v) is 6.98. The number of phenolic OH excluding ortho intramolecular Hbond substituents is 1. The van der Waals surface area contributed by atoms with Crippen molar-refractivity contribution < 1.29 is 19.2 Å². The molecule has 0 amide bonds. The molecule has 7 heteroatoms. The first-order valence-electron chi connectivity index (χ1n) is 6.98. The number of rotatable bonds is 5. The second-order valence-corrected chi connectivity index (χ2v) is 4.76. The molecule has 1 N–H and O–H groups in total. The minimum absolute atomic E-state index is 0.0607. The van der Waals surface area contributed by atoms with Crippen LogP contribution in [-0.4, -0.2) is 16.6 Å². The average Bonchev–Trinajstić information content (AvgIpc) is 2.55. The minimum atomic E-state index is -0.747. The van der Waals surface area contributed by atoms with Crippen LogP contribution in [0.2, 0.25) is 0 Å². The number of hydrogen-bond acceptors (Lipinski definition) is 5. The molecule has 0 aliphatic carbocycles. The van der Waals surface area contributed by atoms with Crippen molar-refractivity contribution in [3.05, 3.63) is 63.5 Å². The lowest BCUT2D eigenvalue weighted by Gasteiger charge is -2.08. The maximum absolute atomic E-state index is 13.3. The SMILES string of the molecule is CCOc1cc(/C=C(/C#N)c2cccc(F)c2)cc([N+](=O)[O-])c1O. The molecule has 0 aromatic heterocycles. The molecule has 0 saturated heterocycles. The topological polar surface area (TPSA) is 96.4 Å². The number of nitro benzene ring substituents is 1. The highest BCUT2D eigenvalue weighted by molar-refractivity contribution is 5.90. The van der Waals surface area contributed by atoms with Gasteiger partial charge >= 0.3 is 5.69 Å². The third-order valence-corrected chi connectivity index (χ3v) is 3.14. The molecular formula is C17H13FN2O4. The molecule has 0 aliphatic heterocycles. The number of nitrogens with zero attached hydrogens (tertiary/aromatic N) is 2. The van der Waals surface area contributed by atoms with Crippen LogP contribution in [-0.2, 0) is 0 Å². The van der Waals surface area contributed by atoms with E-state index >= 15 is 0 Å². The fourth-order valence-corrected chi connectivity index (χ4v) is 2.10. The largest absolute Gasteiger partial charge is 0.500 e. The van der Waals surface area contributed by atoms with Crippen LogP contribution in [0.3, 0.4) is 0 Å². The molecule has 122 valence electrons. The average molecular weight is 328 g/mol. The summed E-state index contributed by atoms with van der Waals surface area (Å²) in [5.41, 5.74) is 0.204. The van der Waals surface area contributed by atoms with Crippen LogP contribution in [0.15, 0.2) is 36.4 Å². The van der Waals surface area contributed by atoms with E-state index in [2.05, 4.69) is 0 Å². The summed E-state index contributed by atoms with van der Waals surface area (Å²) < 4.78 is 18.5. The summed E-state index contributed by atoms with van der Waals surface area (Å²) in [5.74, 6) is -1.14. The van der Waals surface area contributed by atoms with Crippen LogP contribution in [0.5, 0.6) is 11.5 Å². The van der Waals surface area contributed by atoms with Gasteiger partial charge in [0.1, 0.15) is 5.82 Å². The van der Waals surface area contributed by atoms with Gasteiger partial charge < -0.3 is 9.84 Å². The van der Waals surface area contributed by atoms with E-state index < -0.39 is 22.2 Å². The zero-order valence-electron chi connectivity index (χ0n) is 12.7. The number of ether oxygens (including phenoxy) is 1. The van der Waals surface area contributed by atoms with Crippen LogP contribution in [0, 0.1) is 27.3 Å². The van der Waals surface area contributed by atoms with Crippen molar-refractivity contribution in [2.45, 2.75) is 6.92 Å². The Balaban J connectivity index is 2.58. The van der Waals surface area contributed by atoms with Gasteiger partial charge in [-0.1, -0.05) is 12.1 Å². The smallest absolute Gasteiger partial charge is 0.315 e. The monoisotopic (exact) mass is 328 g/mol. The van der Waals surface area contributed by atoms with Crippen LogP contribution in [0.25, 0.3) is 11.6 Å². The number of benzene rings is 2. The van der Waals surface area contributed by atoms with Crippen LogP contribution in [0.1, 0.15) is 18.1 Å². The summed E-state index contributed by atoms with van der Waals surface area (Å²) >= 11 is 0. The number of allylic oxidation sites excluding steroid dienone is 1. The van der Waals surface area contributed by atoms with Gasteiger partial charge in [0.05, 0.1) is 23.2 Å². The molecule has 0 radical (unpaired) electrons. The fraction of sp³-hybridized carbons (Fsp3) is 0.118. The number of aromatic hydroxyl groups is 1. The maximum atomic E-state index is 13.3. The van der Waals surface area contributed by atoms with E-state index in [1.165, 1.54) is 30.3 Å². The van der Waals surface area contributed by atoms with Crippen molar-refractivity contribution >= 4 is 17.3 Å². The Kier molecular flexibility index (Phi) is 5.12. The molecule has 0 saturated carbocycles. The molecule has 0 atom stereocenters. The molecule has 0 bridgehead atoms. The zero-order chi connectivity index (χ0) is 17.7. The summed E-state index contributed by atoms with van der Waals surface area (Å²) in [6, 6.07) is 9.87. The van der Waals surface area contributed by atoms with Crippen LogP contribution < -0.4 is 4.74 Å². The van der Waals surface area contributed by atoms with Gasteiger partial charge in [-0.25, -0.2) is 4.39 Å². The molecular weight excluding hydrogens is 315 g/mol. The van der Waals surface area contributed by atoms with Crippen molar-refractivity contribution in [1.29, 1.82) is 5.26 Å². The lowest BCUT2D eigenvalue weighted by molar-refractivity contribution is -0.386. The molecule has 0 unspecified atom stereocenters. The first-order chi connectivity index (χ1) is 11.5. The molecule has 0 fully saturated rings. The highest BCUT2D eigenvalue weighted by Gasteiger charge is 2.20. The van der Waals surface area contributed by atoms with E-state index in [4.69, 9.17) is 4.74 Å². The van der Waals surface area contributed by atoms with E-state index in [0.717, 1.165) is 6.07 Å². The molecule has 6 nitrogen and oxygen atoms in total. The first kappa shape index (κ1) is 17.0. The molecule has 2 rings (SSSR count). The number of phenols is 1. The Hall–Kier alpha value is -3.40. The van der Waals surface area contributed by atoms with Crippen molar-refractivity contribution in [3.8, 4) is 17.6 Å². The minimum Gasteiger partial charge on any atom is -0.500 e. The Morgan fingerprint density at radius 2 is 2.21 bits per heavy atom. The normalized spacial score (nSPS) is 11.0. The van der Waals surface area contributed by atoms with Gasteiger partial charge in [-0.05, 0) is 42.3 Å². The zero-order valence-corrected chi connectivity index (χ0v) is 12.7. The van der Waals surface area contributed by atoms with E-state index in [-0.39, 0.29) is 23.5 Å². The molecule has 24 heavy (non-hydrogen) atoms. The number of nitriles is 1. The number of hydrogen-bond donors (Lipinski definition) is 1. The third-order valence-electron chi connectivity index (χ3n) is 3.14. The van der Waals surface area contributed by atoms with Gasteiger partial charge in [0.15, 0.2) is 5.75 Å². The second kappa shape index (κ2) is 7.24. The van der Waals surface area contributed by atoms with Crippen LogP contribution in [0.4, 0.5) is 10.1 Å². The summed E-state index contributed by atoms with van der Waals surface area (Å²) in [6.07, 6.45) is 1.36. The van der Waals surface area contributed by atoms with Gasteiger partial charge in [0, 0.05) is 6.07 Å². The van der Waals surface area contributed by atoms with E-state index in [9.17, 15) is 24.9 Å². The number of nitro groups is 1. The summed E-state index contributed by atoms with van der Waals surface area (Å²) in [4.78, 5) is 10.3. The molecule has 0 spiro atoms. The summed E-state index contributed by atoms with van der Waals surface area (Å²) in [6.45, 7) is 1.87. The van der Waals surface area contributed by atoms with Gasteiger partial charge in [-0.2, -0.15) is 5.26 Å². The highest BCUT2D eigenvalue weighted by atomic mass is 19.1. The summed E-state index contributed by atoms with van der Waals surface area (Å²) in [5, 5.41) is 30.2. The lowest BCUT2D eigenvalue weighted by atomic mass is 10.0. The van der Waals surface area contributed by atoms with Crippen LogP contribution >= 0.6 is 0 Å². The fourth-order valence-electron chi connectivity index (χ4n) is 2.10. The van der Waals surface area contributed by atoms with Gasteiger partial charge in [0.25, 0.3) is 0 Å². The molecule has 2 aromatic carbocycles. The highest BCUT2D eigenvalue weighted by Crippen LogP contribution is 2.38. The molecule has 2 aromatic rings. The van der Waals surface area contributed by atoms with Gasteiger partial charge in [-0.15, -0.1) is 0 Å². The maximum Gasteiger partial charge on any atom is 0.315 e. The van der Waals surface area contributed by atoms with Crippen molar-refractivity contribution in [2.24, 2.45) is 0 Å². The third kappa shape index (κ3) is 3.67. The van der Waals surface area contributed by atoms with Crippen molar-refractivity contribution in [1.82, 2.24) is 0 Å². The Morgan fingerprint density at radius 1 is 1.46 bits per heavy atom. The van der Waals surface area contributed by atoms with E-state index in [0.29, 0.717) is 5.56 Å². The Morgan fingerprint density at radius 3 is 2.79 bits per heavy atom. The predicted molar refractivity (Wildman–Crippen MR) is 85.8 cm³/mol. The molecule has 0 heterocycles. The standard InChI is InChI=1S/C17H13FN2O4/c1-2-24-16-8-11(7-15(17(16)21)20(22)23)6-13(10-19)12-4-3-5-14(18)9-12/h3-9,21H,2H2,1H3/b13-6-. The predicted octanol–water partition coefficient (Wildman–Crippen LogP) is 3.90.